The number of rotatable bonds is 7. The summed E-state index contributed by atoms with van der Waals surface area (Å²) in [6, 6.07) is 5.93. The van der Waals surface area contributed by atoms with Crippen molar-refractivity contribution in [1.29, 1.82) is 0 Å². The fraction of sp³-hybridized carbons (Fsp3) is 0.632. The summed E-state index contributed by atoms with van der Waals surface area (Å²) in [7, 11) is 0. The van der Waals surface area contributed by atoms with Crippen molar-refractivity contribution >= 4 is 5.78 Å². The van der Waals surface area contributed by atoms with Crippen molar-refractivity contribution in [3.05, 3.63) is 29.3 Å². The van der Waals surface area contributed by atoms with Gasteiger partial charge in [0.2, 0.25) is 0 Å². The summed E-state index contributed by atoms with van der Waals surface area (Å²) >= 11 is 0. The lowest BCUT2D eigenvalue weighted by Gasteiger charge is -2.30. The molecule has 1 atom stereocenters. The predicted molar refractivity (Wildman–Crippen MR) is 90.8 cm³/mol. The number of unbranched alkanes of at least 4 members (excludes halogenated alkanes) is 1. The van der Waals surface area contributed by atoms with Crippen molar-refractivity contribution in [3.63, 3.8) is 0 Å². The van der Waals surface area contributed by atoms with E-state index in [1.807, 2.05) is 25.1 Å². The van der Waals surface area contributed by atoms with E-state index in [1.54, 1.807) is 0 Å². The molecular weight excluding hydrogens is 274 g/mol. The molecule has 1 unspecified atom stereocenters. The largest absolute Gasteiger partial charge is 0.493 e. The van der Waals surface area contributed by atoms with Gasteiger partial charge >= 0.3 is 0 Å². The van der Waals surface area contributed by atoms with Crippen LogP contribution in [0.25, 0.3) is 0 Å². The van der Waals surface area contributed by atoms with Crippen LogP contribution in [-0.2, 0) is 0 Å². The first-order valence-corrected chi connectivity index (χ1v) is 8.59. The molecule has 0 spiro atoms. The molecule has 3 heteroatoms. The average molecular weight is 303 g/mol. The molecule has 0 amide bonds. The highest BCUT2D eigenvalue weighted by Gasteiger charge is 2.21. The third-order valence-corrected chi connectivity index (χ3v) is 4.30. The quantitative estimate of drug-likeness (QED) is 0.561. The molecule has 1 aromatic rings. The van der Waals surface area contributed by atoms with E-state index in [-0.39, 0.29) is 5.78 Å². The lowest BCUT2D eigenvalue weighted by molar-refractivity contribution is 0.0889. The normalized spacial score (nSPS) is 19.1. The zero-order valence-corrected chi connectivity index (χ0v) is 14.2. The summed E-state index contributed by atoms with van der Waals surface area (Å²) < 4.78 is 5.82. The zero-order valence-electron chi connectivity index (χ0n) is 14.2. The SMILES string of the molecule is CCCCOc1ccc(C)cc1C(=O)CN1CCCC(C)C1. The maximum atomic E-state index is 12.7. The molecule has 1 saturated heterocycles. The van der Waals surface area contributed by atoms with Crippen molar-refractivity contribution in [1.82, 2.24) is 4.90 Å². The number of ketones is 1. The van der Waals surface area contributed by atoms with Crippen LogP contribution in [0.15, 0.2) is 18.2 Å². The summed E-state index contributed by atoms with van der Waals surface area (Å²) in [4.78, 5) is 15.0. The lowest BCUT2D eigenvalue weighted by Crippen LogP contribution is -2.38. The molecule has 0 radical (unpaired) electrons. The fourth-order valence-corrected chi connectivity index (χ4v) is 3.03. The molecule has 2 rings (SSSR count). The number of benzene rings is 1. The molecule has 1 fully saturated rings. The number of likely N-dealkylation sites (tertiary alicyclic amines) is 1. The number of carbonyl (C=O) groups is 1. The van der Waals surface area contributed by atoms with E-state index >= 15 is 0 Å². The Hall–Kier alpha value is -1.35. The Balaban J connectivity index is 2.05. The summed E-state index contributed by atoms with van der Waals surface area (Å²) in [5, 5.41) is 0. The van der Waals surface area contributed by atoms with Gasteiger partial charge in [-0.1, -0.05) is 31.9 Å². The van der Waals surface area contributed by atoms with Crippen LogP contribution in [-0.4, -0.2) is 36.9 Å². The van der Waals surface area contributed by atoms with Crippen LogP contribution in [0.2, 0.25) is 0 Å². The zero-order chi connectivity index (χ0) is 15.9. The molecule has 3 nitrogen and oxygen atoms in total. The van der Waals surface area contributed by atoms with Gasteiger partial charge in [-0.25, -0.2) is 0 Å². The van der Waals surface area contributed by atoms with E-state index in [1.165, 1.54) is 12.8 Å². The Bertz CT molecular complexity index is 498. The summed E-state index contributed by atoms with van der Waals surface area (Å²) in [6.45, 7) is 9.69. The van der Waals surface area contributed by atoms with E-state index in [9.17, 15) is 4.79 Å². The van der Waals surface area contributed by atoms with E-state index in [4.69, 9.17) is 4.74 Å². The van der Waals surface area contributed by atoms with E-state index in [2.05, 4.69) is 18.7 Å². The minimum atomic E-state index is 0.185. The first-order valence-electron chi connectivity index (χ1n) is 8.59. The molecule has 0 bridgehead atoms. The van der Waals surface area contributed by atoms with Crippen molar-refractivity contribution in [2.24, 2.45) is 5.92 Å². The van der Waals surface area contributed by atoms with Gasteiger partial charge in [0.25, 0.3) is 0 Å². The van der Waals surface area contributed by atoms with Gasteiger partial charge in [0.15, 0.2) is 5.78 Å². The number of ether oxygens (including phenoxy) is 1. The highest BCUT2D eigenvalue weighted by molar-refractivity contribution is 6.00. The molecule has 0 saturated carbocycles. The lowest BCUT2D eigenvalue weighted by atomic mass is 9.99. The van der Waals surface area contributed by atoms with Gasteiger partial charge in [0.1, 0.15) is 5.75 Å². The maximum absolute atomic E-state index is 12.7. The van der Waals surface area contributed by atoms with E-state index < -0.39 is 0 Å². The first kappa shape index (κ1) is 17.0. The molecule has 1 aliphatic rings. The summed E-state index contributed by atoms with van der Waals surface area (Å²) in [6.07, 6.45) is 4.59. The maximum Gasteiger partial charge on any atom is 0.180 e. The van der Waals surface area contributed by atoms with Gasteiger partial charge < -0.3 is 4.74 Å². The second-order valence-electron chi connectivity index (χ2n) is 6.61. The van der Waals surface area contributed by atoms with E-state index in [0.29, 0.717) is 19.1 Å². The average Bonchev–Trinajstić information content (AvgIpc) is 2.49. The first-order chi connectivity index (χ1) is 10.6. The number of aryl methyl sites for hydroxylation is 1. The molecule has 0 aromatic heterocycles. The number of hydrogen-bond acceptors (Lipinski definition) is 3. The van der Waals surface area contributed by atoms with Crippen LogP contribution in [0.4, 0.5) is 0 Å². The van der Waals surface area contributed by atoms with Crippen LogP contribution >= 0.6 is 0 Å². The summed E-state index contributed by atoms with van der Waals surface area (Å²) in [5.74, 6) is 1.62. The van der Waals surface area contributed by atoms with Crippen LogP contribution in [0.5, 0.6) is 5.75 Å². The van der Waals surface area contributed by atoms with Gasteiger partial charge in [-0.05, 0) is 50.8 Å². The number of Topliss-reactive ketones (excluding diaryl/α,β-unsaturated/α-hetero) is 1. The number of nitrogens with zero attached hydrogens (tertiary/aromatic N) is 1. The number of carbonyl (C=O) groups excluding carboxylic acids is 1. The van der Waals surface area contributed by atoms with Crippen molar-refractivity contribution in [3.8, 4) is 5.75 Å². The van der Waals surface area contributed by atoms with Crippen LogP contribution in [0.1, 0.15) is 55.5 Å². The molecule has 0 aliphatic carbocycles. The van der Waals surface area contributed by atoms with Gasteiger partial charge in [-0.2, -0.15) is 0 Å². The number of piperidine rings is 1. The molecule has 1 aliphatic heterocycles. The molecule has 0 N–H and O–H groups in total. The summed E-state index contributed by atoms with van der Waals surface area (Å²) in [5.41, 5.74) is 1.85. The van der Waals surface area contributed by atoms with Crippen molar-refractivity contribution in [2.75, 3.05) is 26.2 Å². The third-order valence-electron chi connectivity index (χ3n) is 4.30. The monoisotopic (exact) mass is 303 g/mol. The molecular formula is C19H29NO2. The highest BCUT2D eigenvalue weighted by Crippen LogP contribution is 2.23. The Kier molecular flexibility index (Phi) is 6.44. The van der Waals surface area contributed by atoms with Gasteiger partial charge in [0, 0.05) is 6.54 Å². The molecule has 1 aromatic carbocycles. The van der Waals surface area contributed by atoms with Crippen LogP contribution < -0.4 is 4.74 Å². The standard InChI is InChI=1S/C19H29NO2/c1-4-5-11-22-19-9-8-15(2)12-17(19)18(21)14-20-10-6-7-16(3)13-20/h8-9,12,16H,4-7,10-11,13-14H2,1-3H3. The van der Waals surface area contributed by atoms with Crippen LogP contribution in [0.3, 0.4) is 0 Å². The number of hydrogen-bond donors (Lipinski definition) is 0. The van der Waals surface area contributed by atoms with E-state index in [0.717, 1.165) is 42.8 Å². The van der Waals surface area contributed by atoms with Gasteiger partial charge in [-0.15, -0.1) is 0 Å². The highest BCUT2D eigenvalue weighted by atomic mass is 16.5. The second-order valence-corrected chi connectivity index (χ2v) is 6.61. The Morgan fingerprint density at radius 3 is 2.95 bits per heavy atom. The second kappa shape index (κ2) is 8.33. The minimum Gasteiger partial charge on any atom is -0.493 e. The Labute approximate surface area is 134 Å². The smallest absolute Gasteiger partial charge is 0.180 e. The predicted octanol–water partition coefficient (Wildman–Crippen LogP) is 4.09. The third kappa shape index (κ3) is 4.84. The Morgan fingerprint density at radius 2 is 2.23 bits per heavy atom. The molecule has 122 valence electrons. The van der Waals surface area contributed by atoms with Gasteiger partial charge in [-0.3, -0.25) is 9.69 Å². The Morgan fingerprint density at radius 1 is 1.41 bits per heavy atom. The molecule has 1 heterocycles. The molecule has 22 heavy (non-hydrogen) atoms. The fourth-order valence-electron chi connectivity index (χ4n) is 3.03. The topological polar surface area (TPSA) is 29.5 Å². The van der Waals surface area contributed by atoms with Gasteiger partial charge in [0.05, 0.1) is 18.7 Å². The van der Waals surface area contributed by atoms with Crippen molar-refractivity contribution < 1.29 is 9.53 Å². The van der Waals surface area contributed by atoms with Crippen molar-refractivity contribution in [2.45, 2.75) is 46.5 Å². The minimum absolute atomic E-state index is 0.185. The van der Waals surface area contributed by atoms with Crippen LogP contribution in [0, 0.1) is 12.8 Å².